The Morgan fingerprint density at radius 3 is 2.74 bits per heavy atom. The van der Waals surface area contributed by atoms with Crippen LogP contribution in [0.15, 0.2) is 48.8 Å². The molecule has 0 saturated carbocycles. The molecule has 0 unspecified atom stereocenters. The van der Waals surface area contributed by atoms with Crippen LogP contribution in [-0.2, 0) is 4.79 Å². The maximum Gasteiger partial charge on any atom is 0.225 e. The van der Waals surface area contributed by atoms with Gasteiger partial charge in [0.25, 0.3) is 0 Å². The van der Waals surface area contributed by atoms with Crippen molar-refractivity contribution >= 4 is 11.6 Å². The fourth-order valence-electron chi connectivity index (χ4n) is 1.85. The van der Waals surface area contributed by atoms with Gasteiger partial charge < -0.3 is 15.2 Å². The smallest absolute Gasteiger partial charge is 0.225 e. The normalized spacial score (nSPS) is 10.4. The van der Waals surface area contributed by atoms with E-state index in [-0.39, 0.29) is 5.91 Å². The Labute approximate surface area is 113 Å². The van der Waals surface area contributed by atoms with Crippen molar-refractivity contribution in [1.82, 2.24) is 9.88 Å². The highest BCUT2D eigenvalue weighted by Gasteiger charge is 2.03. The van der Waals surface area contributed by atoms with Crippen molar-refractivity contribution in [2.24, 2.45) is 0 Å². The molecule has 0 aliphatic heterocycles. The lowest BCUT2D eigenvalue weighted by molar-refractivity contribution is -0.116. The molecular weight excluding hydrogens is 238 g/mol. The SMILES string of the molecule is CCNCCC(=O)Nc1cccc(-n2cccc2)c1. The topological polar surface area (TPSA) is 46.1 Å². The van der Waals surface area contributed by atoms with Crippen molar-refractivity contribution in [2.45, 2.75) is 13.3 Å². The first-order valence-electron chi connectivity index (χ1n) is 6.53. The highest BCUT2D eigenvalue weighted by molar-refractivity contribution is 5.91. The van der Waals surface area contributed by atoms with E-state index in [1.165, 1.54) is 0 Å². The summed E-state index contributed by atoms with van der Waals surface area (Å²) in [5.74, 6) is 0.0330. The molecule has 0 aliphatic rings. The quantitative estimate of drug-likeness (QED) is 0.781. The van der Waals surface area contributed by atoms with E-state index in [9.17, 15) is 4.79 Å². The standard InChI is InChI=1S/C15H19N3O/c1-2-16-9-8-15(19)17-13-6-5-7-14(12-13)18-10-3-4-11-18/h3-7,10-12,16H,2,8-9H2,1H3,(H,17,19). The van der Waals surface area contributed by atoms with Crippen LogP contribution in [0.5, 0.6) is 0 Å². The average Bonchev–Trinajstić information content (AvgIpc) is 2.93. The fourth-order valence-corrected chi connectivity index (χ4v) is 1.85. The third-order valence-corrected chi connectivity index (χ3v) is 2.81. The zero-order valence-electron chi connectivity index (χ0n) is 11.1. The van der Waals surface area contributed by atoms with Gasteiger partial charge in [-0.1, -0.05) is 13.0 Å². The largest absolute Gasteiger partial charge is 0.326 e. The molecule has 4 nitrogen and oxygen atoms in total. The Hall–Kier alpha value is -2.07. The van der Waals surface area contributed by atoms with Crippen LogP contribution in [-0.4, -0.2) is 23.6 Å². The number of benzene rings is 1. The number of hydrogen-bond acceptors (Lipinski definition) is 2. The number of anilines is 1. The minimum Gasteiger partial charge on any atom is -0.326 e. The van der Waals surface area contributed by atoms with Crippen molar-refractivity contribution in [2.75, 3.05) is 18.4 Å². The molecule has 100 valence electrons. The summed E-state index contributed by atoms with van der Waals surface area (Å²) in [4.78, 5) is 11.7. The van der Waals surface area contributed by atoms with Gasteiger partial charge in [0.1, 0.15) is 0 Å². The highest BCUT2D eigenvalue weighted by atomic mass is 16.1. The molecule has 1 aromatic carbocycles. The van der Waals surface area contributed by atoms with Gasteiger partial charge in [0, 0.05) is 36.7 Å². The van der Waals surface area contributed by atoms with Gasteiger partial charge in [-0.05, 0) is 36.9 Å². The molecule has 2 N–H and O–H groups in total. The maximum absolute atomic E-state index is 11.7. The predicted octanol–water partition coefficient (Wildman–Crippen LogP) is 2.42. The number of aromatic nitrogens is 1. The average molecular weight is 257 g/mol. The molecule has 0 saturated heterocycles. The van der Waals surface area contributed by atoms with Gasteiger partial charge in [-0.15, -0.1) is 0 Å². The van der Waals surface area contributed by atoms with Gasteiger partial charge in [0.05, 0.1) is 0 Å². The number of nitrogens with zero attached hydrogens (tertiary/aromatic N) is 1. The lowest BCUT2D eigenvalue weighted by atomic mass is 10.2. The third kappa shape index (κ3) is 3.96. The third-order valence-electron chi connectivity index (χ3n) is 2.81. The number of amides is 1. The van der Waals surface area contributed by atoms with Crippen LogP contribution in [0.1, 0.15) is 13.3 Å². The second-order valence-electron chi connectivity index (χ2n) is 4.29. The molecule has 19 heavy (non-hydrogen) atoms. The molecular formula is C15H19N3O. The molecule has 2 rings (SSSR count). The molecule has 0 fully saturated rings. The Morgan fingerprint density at radius 2 is 2.00 bits per heavy atom. The first kappa shape index (κ1) is 13.4. The molecule has 0 bridgehead atoms. The van der Waals surface area contributed by atoms with Crippen LogP contribution >= 0.6 is 0 Å². The number of hydrogen-bond donors (Lipinski definition) is 2. The van der Waals surface area contributed by atoms with E-state index in [2.05, 4.69) is 10.6 Å². The van der Waals surface area contributed by atoms with E-state index in [4.69, 9.17) is 0 Å². The maximum atomic E-state index is 11.7. The number of carbonyl (C=O) groups is 1. The molecule has 1 aromatic heterocycles. The lowest BCUT2D eigenvalue weighted by Gasteiger charge is -2.08. The molecule has 0 atom stereocenters. The zero-order chi connectivity index (χ0) is 13.5. The van der Waals surface area contributed by atoms with E-state index in [0.29, 0.717) is 13.0 Å². The van der Waals surface area contributed by atoms with Gasteiger partial charge in [-0.3, -0.25) is 4.79 Å². The molecule has 1 amide bonds. The van der Waals surface area contributed by atoms with Gasteiger partial charge >= 0.3 is 0 Å². The Morgan fingerprint density at radius 1 is 1.21 bits per heavy atom. The fraction of sp³-hybridized carbons (Fsp3) is 0.267. The minimum absolute atomic E-state index is 0.0330. The van der Waals surface area contributed by atoms with Crippen molar-refractivity contribution < 1.29 is 4.79 Å². The van der Waals surface area contributed by atoms with Crippen molar-refractivity contribution in [3.05, 3.63) is 48.8 Å². The Kier molecular flexibility index (Phi) is 4.75. The van der Waals surface area contributed by atoms with Crippen LogP contribution in [0.3, 0.4) is 0 Å². The predicted molar refractivity (Wildman–Crippen MR) is 77.6 cm³/mol. The summed E-state index contributed by atoms with van der Waals surface area (Å²) in [6.07, 6.45) is 4.44. The van der Waals surface area contributed by atoms with Crippen molar-refractivity contribution in [1.29, 1.82) is 0 Å². The summed E-state index contributed by atoms with van der Waals surface area (Å²) < 4.78 is 2.01. The zero-order valence-corrected chi connectivity index (χ0v) is 11.1. The first-order chi connectivity index (χ1) is 9.29. The molecule has 4 heteroatoms. The summed E-state index contributed by atoms with van der Waals surface area (Å²) in [6, 6.07) is 11.8. The van der Waals surface area contributed by atoms with E-state index < -0.39 is 0 Å². The van der Waals surface area contributed by atoms with E-state index in [1.807, 2.05) is 60.3 Å². The highest BCUT2D eigenvalue weighted by Crippen LogP contribution is 2.14. The van der Waals surface area contributed by atoms with Gasteiger partial charge in [-0.2, -0.15) is 0 Å². The van der Waals surface area contributed by atoms with Crippen molar-refractivity contribution in [3.63, 3.8) is 0 Å². The van der Waals surface area contributed by atoms with Crippen LogP contribution in [0.4, 0.5) is 5.69 Å². The van der Waals surface area contributed by atoms with E-state index in [0.717, 1.165) is 17.9 Å². The lowest BCUT2D eigenvalue weighted by Crippen LogP contribution is -2.21. The number of rotatable bonds is 6. The van der Waals surface area contributed by atoms with Crippen LogP contribution in [0.2, 0.25) is 0 Å². The Bertz CT molecular complexity index is 520. The van der Waals surface area contributed by atoms with Crippen LogP contribution < -0.4 is 10.6 Å². The van der Waals surface area contributed by atoms with E-state index >= 15 is 0 Å². The van der Waals surface area contributed by atoms with Gasteiger partial charge in [-0.25, -0.2) is 0 Å². The molecule has 0 spiro atoms. The summed E-state index contributed by atoms with van der Waals surface area (Å²) >= 11 is 0. The van der Waals surface area contributed by atoms with E-state index in [1.54, 1.807) is 0 Å². The van der Waals surface area contributed by atoms with Gasteiger partial charge in [0.2, 0.25) is 5.91 Å². The second-order valence-corrected chi connectivity index (χ2v) is 4.29. The number of nitrogens with one attached hydrogen (secondary N) is 2. The molecule has 1 heterocycles. The molecule has 0 radical (unpaired) electrons. The van der Waals surface area contributed by atoms with Crippen LogP contribution in [0, 0.1) is 0 Å². The van der Waals surface area contributed by atoms with Crippen molar-refractivity contribution in [3.8, 4) is 5.69 Å². The second kappa shape index (κ2) is 6.75. The summed E-state index contributed by atoms with van der Waals surface area (Å²) in [6.45, 7) is 3.62. The monoisotopic (exact) mass is 257 g/mol. The number of carbonyl (C=O) groups excluding carboxylic acids is 1. The summed E-state index contributed by atoms with van der Waals surface area (Å²) in [5, 5.41) is 6.04. The Balaban J connectivity index is 1.97. The van der Waals surface area contributed by atoms with Gasteiger partial charge in [0.15, 0.2) is 0 Å². The summed E-state index contributed by atoms with van der Waals surface area (Å²) in [5.41, 5.74) is 1.86. The first-order valence-corrected chi connectivity index (χ1v) is 6.53. The molecule has 0 aliphatic carbocycles. The summed E-state index contributed by atoms with van der Waals surface area (Å²) in [7, 11) is 0. The minimum atomic E-state index is 0.0330. The van der Waals surface area contributed by atoms with Crippen LogP contribution in [0.25, 0.3) is 5.69 Å². The molecule has 2 aromatic rings.